The van der Waals surface area contributed by atoms with Crippen molar-refractivity contribution in [3.05, 3.63) is 53.1 Å². The van der Waals surface area contributed by atoms with Crippen LogP contribution < -0.4 is 19.5 Å². The van der Waals surface area contributed by atoms with Crippen molar-refractivity contribution in [3.63, 3.8) is 0 Å². The van der Waals surface area contributed by atoms with Crippen molar-refractivity contribution < 1.29 is 19.0 Å². The molecular weight excluding hydrogens is 446 g/mol. The molecule has 1 aromatic heterocycles. The second kappa shape index (κ2) is 11.7. The van der Waals surface area contributed by atoms with Gasteiger partial charge in [-0.1, -0.05) is 47.4 Å². The van der Waals surface area contributed by atoms with Crippen molar-refractivity contribution in [2.24, 2.45) is 0 Å². The average Bonchev–Trinajstić information content (AvgIpc) is 3.22. The minimum absolute atomic E-state index is 0.318. The number of rotatable bonds is 11. The SMILES string of the molecule is CCOc1cc(C(=O)Nc2nnc(SCc3ccccc3C)s2)cc(OCC)c1OCC. The normalized spacial score (nSPS) is 10.6. The zero-order valence-electron chi connectivity index (χ0n) is 18.6. The van der Waals surface area contributed by atoms with E-state index in [-0.39, 0.29) is 5.91 Å². The highest BCUT2D eigenvalue weighted by molar-refractivity contribution is 8.00. The number of ether oxygens (including phenoxy) is 3. The van der Waals surface area contributed by atoms with E-state index >= 15 is 0 Å². The van der Waals surface area contributed by atoms with Gasteiger partial charge >= 0.3 is 0 Å². The van der Waals surface area contributed by atoms with Crippen molar-refractivity contribution >= 4 is 34.1 Å². The summed E-state index contributed by atoms with van der Waals surface area (Å²) >= 11 is 2.94. The van der Waals surface area contributed by atoms with E-state index in [1.54, 1.807) is 23.9 Å². The van der Waals surface area contributed by atoms with Crippen molar-refractivity contribution in [1.82, 2.24) is 10.2 Å². The molecule has 0 aliphatic heterocycles. The predicted octanol–water partition coefficient (Wildman–Crippen LogP) is 5.59. The quantitative estimate of drug-likeness (QED) is 0.287. The van der Waals surface area contributed by atoms with Gasteiger partial charge < -0.3 is 14.2 Å². The Morgan fingerprint density at radius 2 is 1.66 bits per heavy atom. The largest absolute Gasteiger partial charge is 0.490 e. The van der Waals surface area contributed by atoms with Gasteiger partial charge in [0.15, 0.2) is 15.8 Å². The van der Waals surface area contributed by atoms with Crippen molar-refractivity contribution in [3.8, 4) is 17.2 Å². The summed E-state index contributed by atoms with van der Waals surface area (Å²) in [5, 5.41) is 11.6. The summed E-state index contributed by atoms with van der Waals surface area (Å²) in [7, 11) is 0. The Hall–Kier alpha value is -2.78. The molecule has 32 heavy (non-hydrogen) atoms. The third-order valence-electron chi connectivity index (χ3n) is 4.41. The number of aromatic nitrogens is 2. The number of carbonyl (C=O) groups is 1. The Bertz CT molecular complexity index is 1030. The third-order valence-corrected chi connectivity index (χ3v) is 6.43. The highest BCUT2D eigenvalue weighted by atomic mass is 32.2. The molecule has 1 heterocycles. The van der Waals surface area contributed by atoms with Crippen LogP contribution in [0.15, 0.2) is 40.7 Å². The van der Waals surface area contributed by atoms with Crippen LogP contribution in [0.2, 0.25) is 0 Å². The molecule has 7 nitrogen and oxygen atoms in total. The van der Waals surface area contributed by atoms with E-state index in [1.807, 2.05) is 32.9 Å². The van der Waals surface area contributed by atoms with E-state index < -0.39 is 0 Å². The predicted molar refractivity (Wildman–Crippen MR) is 129 cm³/mol. The highest BCUT2D eigenvalue weighted by Crippen LogP contribution is 2.39. The Morgan fingerprint density at radius 1 is 1.00 bits per heavy atom. The zero-order chi connectivity index (χ0) is 22.9. The molecule has 3 rings (SSSR count). The molecule has 9 heteroatoms. The molecule has 0 saturated carbocycles. The zero-order valence-corrected chi connectivity index (χ0v) is 20.3. The maximum Gasteiger partial charge on any atom is 0.257 e. The Labute approximate surface area is 196 Å². The van der Waals surface area contributed by atoms with Gasteiger partial charge in [-0.15, -0.1) is 10.2 Å². The number of thioether (sulfide) groups is 1. The lowest BCUT2D eigenvalue weighted by molar-refractivity contribution is 0.102. The summed E-state index contributed by atoms with van der Waals surface area (Å²) in [6.45, 7) is 9.06. The van der Waals surface area contributed by atoms with Gasteiger partial charge in [-0.3, -0.25) is 10.1 Å². The van der Waals surface area contributed by atoms with E-state index in [9.17, 15) is 4.79 Å². The summed E-state index contributed by atoms with van der Waals surface area (Å²) in [4.78, 5) is 12.9. The number of benzene rings is 2. The van der Waals surface area contributed by atoms with Crippen LogP contribution in [0.4, 0.5) is 5.13 Å². The van der Waals surface area contributed by atoms with Gasteiger partial charge in [0.1, 0.15) is 0 Å². The van der Waals surface area contributed by atoms with Gasteiger partial charge in [-0.2, -0.15) is 0 Å². The van der Waals surface area contributed by atoms with Crippen molar-refractivity contribution in [1.29, 1.82) is 0 Å². The lowest BCUT2D eigenvalue weighted by Crippen LogP contribution is -2.13. The summed E-state index contributed by atoms with van der Waals surface area (Å²) in [5.74, 6) is 1.92. The number of amides is 1. The first-order valence-electron chi connectivity index (χ1n) is 10.4. The summed E-state index contributed by atoms with van der Waals surface area (Å²) in [6.07, 6.45) is 0. The van der Waals surface area contributed by atoms with Crippen LogP contribution >= 0.6 is 23.1 Å². The molecule has 1 amide bonds. The fourth-order valence-electron chi connectivity index (χ4n) is 2.92. The molecule has 1 N–H and O–H groups in total. The summed E-state index contributed by atoms with van der Waals surface area (Å²) < 4.78 is 17.9. The average molecular weight is 474 g/mol. The van der Waals surface area contributed by atoms with E-state index in [4.69, 9.17) is 14.2 Å². The molecular formula is C23H27N3O4S2. The highest BCUT2D eigenvalue weighted by Gasteiger charge is 2.19. The minimum atomic E-state index is -0.318. The molecule has 0 aliphatic rings. The van der Waals surface area contributed by atoms with Crippen LogP contribution in [0.1, 0.15) is 42.3 Å². The van der Waals surface area contributed by atoms with Gasteiger partial charge in [0.2, 0.25) is 10.9 Å². The molecule has 0 unspecified atom stereocenters. The first-order valence-corrected chi connectivity index (χ1v) is 12.2. The number of nitrogens with one attached hydrogen (secondary N) is 1. The number of anilines is 1. The van der Waals surface area contributed by atoms with Crippen LogP contribution in [-0.2, 0) is 5.75 Å². The molecule has 170 valence electrons. The molecule has 0 fully saturated rings. The summed E-state index contributed by atoms with van der Waals surface area (Å²) in [5.41, 5.74) is 2.88. The maximum atomic E-state index is 12.9. The van der Waals surface area contributed by atoms with Crippen LogP contribution in [0, 0.1) is 6.92 Å². The molecule has 2 aromatic carbocycles. The smallest absolute Gasteiger partial charge is 0.257 e. The van der Waals surface area contributed by atoms with Crippen LogP contribution in [0.25, 0.3) is 0 Å². The van der Waals surface area contributed by atoms with Gasteiger partial charge in [0, 0.05) is 11.3 Å². The second-order valence-electron chi connectivity index (χ2n) is 6.64. The topological polar surface area (TPSA) is 82.6 Å². The maximum absolute atomic E-state index is 12.9. The molecule has 0 atom stereocenters. The Balaban J connectivity index is 1.73. The monoisotopic (exact) mass is 473 g/mol. The van der Waals surface area contributed by atoms with Crippen molar-refractivity contribution in [2.45, 2.75) is 37.8 Å². The van der Waals surface area contributed by atoms with Gasteiger partial charge in [-0.05, 0) is 51.0 Å². The number of aryl methyl sites for hydroxylation is 1. The Morgan fingerprint density at radius 3 is 2.28 bits per heavy atom. The van der Waals surface area contributed by atoms with E-state index in [1.165, 1.54) is 22.5 Å². The van der Waals surface area contributed by atoms with E-state index in [0.717, 1.165) is 10.1 Å². The number of nitrogens with zero attached hydrogens (tertiary/aromatic N) is 2. The first-order chi connectivity index (χ1) is 15.5. The minimum Gasteiger partial charge on any atom is -0.490 e. The summed E-state index contributed by atoms with van der Waals surface area (Å²) in [6, 6.07) is 11.5. The van der Waals surface area contributed by atoms with Gasteiger partial charge in [-0.25, -0.2) is 0 Å². The number of hydrogen-bond donors (Lipinski definition) is 1. The fourth-order valence-corrected chi connectivity index (χ4v) is 4.74. The second-order valence-corrected chi connectivity index (χ2v) is 8.84. The van der Waals surface area contributed by atoms with Crippen molar-refractivity contribution in [2.75, 3.05) is 25.1 Å². The van der Waals surface area contributed by atoms with Gasteiger partial charge in [0.05, 0.1) is 19.8 Å². The lowest BCUT2D eigenvalue weighted by Gasteiger charge is -2.16. The van der Waals surface area contributed by atoms with E-state index in [2.05, 4.69) is 34.6 Å². The number of carbonyl (C=O) groups excluding carboxylic acids is 1. The lowest BCUT2D eigenvalue weighted by atomic mass is 10.1. The Kier molecular flexibility index (Phi) is 8.75. The first kappa shape index (κ1) is 23.9. The van der Waals surface area contributed by atoms with E-state index in [0.29, 0.717) is 47.8 Å². The fraction of sp³-hybridized carbons (Fsp3) is 0.348. The molecule has 0 bridgehead atoms. The van der Waals surface area contributed by atoms with Gasteiger partial charge in [0.25, 0.3) is 5.91 Å². The van der Waals surface area contributed by atoms with Crippen LogP contribution in [0.5, 0.6) is 17.2 Å². The molecule has 3 aromatic rings. The molecule has 0 saturated heterocycles. The van der Waals surface area contributed by atoms with Crippen LogP contribution in [0.3, 0.4) is 0 Å². The molecule has 0 spiro atoms. The number of hydrogen-bond acceptors (Lipinski definition) is 8. The molecule has 0 radical (unpaired) electrons. The van der Waals surface area contributed by atoms with Crippen LogP contribution in [-0.4, -0.2) is 35.9 Å². The standard InChI is InChI=1S/C23H27N3O4S2/c1-5-28-18-12-17(13-19(29-6-2)20(18)30-7-3)21(27)24-22-25-26-23(32-22)31-14-16-11-9-8-10-15(16)4/h8-13H,5-7,14H2,1-4H3,(H,24,25,27). The third kappa shape index (κ3) is 6.14. The molecule has 0 aliphatic carbocycles.